The van der Waals surface area contributed by atoms with Crippen molar-refractivity contribution >= 4 is 11.7 Å². The fraction of sp³-hybridized carbons (Fsp3) is 0.583. The molecule has 1 amide bonds. The Bertz CT molecular complexity index is 478. The zero-order valence-electron chi connectivity index (χ0n) is 10.4. The van der Waals surface area contributed by atoms with Crippen molar-refractivity contribution in [3.05, 3.63) is 22.2 Å². The van der Waals surface area contributed by atoms with E-state index in [2.05, 4.69) is 15.3 Å². The maximum Gasteiger partial charge on any atom is 0.347 e. The number of amides is 1. The number of H-pyrrole nitrogens is 1. The molecule has 98 valence electrons. The molecule has 2 rings (SSSR count). The van der Waals surface area contributed by atoms with Crippen molar-refractivity contribution in [1.82, 2.24) is 9.97 Å². The summed E-state index contributed by atoms with van der Waals surface area (Å²) < 4.78 is 5.48. The third kappa shape index (κ3) is 3.66. The molecule has 1 saturated heterocycles. The van der Waals surface area contributed by atoms with Gasteiger partial charge in [0.1, 0.15) is 5.82 Å². The minimum Gasteiger partial charge on any atom is -0.378 e. The first-order valence-corrected chi connectivity index (χ1v) is 6.13. The number of carbonyl (C=O) groups is 1. The van der Waals surface area contributed by atoms with Crippen LogP contribution in [-0.2, 0) is 9.53 Å². The van der Waals surface area contributed by atoms with Gasteiger partial charge >= 0.3 is 5.69 Å². The highest BCUT2D eigenvalue weighted by atomic mass is 16.5. The average molecular weight is 251 g/mol. The zero-order valence-corrected chi connectivity index (χ0v) is 10.4. The molecule has 1 atom stereocenters. The molecular weight excluding hydrogens is 234 g/mol. The van der Waals surface area contributed by atoms with Crippen LogP contribution in [0.3, 0.4) is 0 Å². The molecule has 18 heavy (non-hydrogen) atoms. The number of aromatic nitrogens is 2. The monoisotopic (exact) mass is 251 g/mol. The van der Waals surface area contributed by atoms with Crippen LogP contribution in [-0.4, -0.2) is 28.6 Å². The highest BCUT2D eigenvalue weighted by molar-refractivity contribution is 5.90. The van der Waals surface area contributed by atoms with Gasteiger partial charge in [-0.15, -0.1) is 0 Å². The van der Waals surface area contributed by atoms with Gasteiger partial charge in [-0.25, -0.2) is 4.79 Å². The van der Waals surface area contributed by atoms with Crippen LogP contribution in [0.15, 0.2) is 10.9 Å². The van der Waals surface area contributed by atoms with Gasteiger partial charge in [0.2, 0.25) is 5.91 Å². The van der Waals surface area contributed by atoms with Crippen molar-refractivity contribution in [2.75, 3.05) is 11.9 Å². The Labute approximate surface area is 105 Å². The first-order chi connectivity index (χ1) is 8.63. The summed E-state index contributed by atoms with van der Waals surface area (Å²) in [6.07, 6.45) is 3.37. The van der Waals surface area contributed by atoms with Gasteiger partial charge in [0.15, 0.2) is 0 Å². The van der Waals surface area contributed by atoms with Crippen molar-refractivity contribution in [2.24, 2.45) is 0 Å². The molecule has 0 aliphatic carbocycles. The lowest BCUT2D eigenvalue weighted by molar-refractivity contribution is -0.119. The fourth-order valence-corrected chi connectivity index (χ4v) is 2.01. The average Bonchev–Trinajstić information content (AvgIpc) is 2.28. The van der Waals surface area contributed by atoms with Crippen LogP contribution in [0, 0.1) is 6.92 Å². The molecule has 1 aliphatic rings. The van der Waals surface area contributed by atoms with Crippen LogP contribution < -0.4 is 11.0 Å². The van der Waals surface area contributed by atoms with E-state index in [9.17, 15) is 9.59 Å². The second-order valence-electron chi connectivity index (χ2n) is 4.50. The lowest BCUT2D eigenvalue weighted by atomic mass is 10.1. The summed E-state index contributed by atoms with van der Waals surface area (Å²) in [4.78, 5) is 29.1. The zero-order chi connectivity index (χ0) is 13.0. The topological polar surface area (TPSA) is 84.1 Å². The van der Waals surface area contributed by atoms with E-state index in [0.717, 1.165) is 25.9 Å². The van der Waals surface area contributed by atoms with Crippen LogP contribution in [0.25, 0.3) is 0 Å². The van der Waals surface area contributed by atoms with E-state index in [1.165, 1.54) is 0 Å². The standard InChI is InChI=1S/C12H17N3O3/c1-8-6-10(15-12(17)13-8)14-11(16)7-9-4-2-3-5-18-9/h6,9H,2-5,7H2,1H3,(H2,13,14,15,16,17)/t9-/m1/s1. The van der Waals surface area contributed by atoms with Crippen LogP contribution in [0.5, 0.6) is 0 Å². The number of nitrogens with zero attached hydrogens (tertiary/aromatic N) is 1. The Balaban J connectivity index is 1.91. The van der Waals surface area contributed by atoms with E-state index < -0.39 is 5.69 Å². The van der Waals surface area contributed by atoms with Crippen molar-refractivity contribution in [1.29, 1.82) is 0 Å². The number of nitrogens with one attached hydrogen (secondary N) is 2. The maximum absolute atomic E-state index is 11.8. The molecular formula is C12H17N3O3. The second kappa shape index (κ2) is 5.77. The van der Waals surface area contributed by atoms with Crippen molar-refractivity contribution < 1.29 is 9.53 Å². The van der Waals surface area contributed by atoms with E-state index in [-0.39, 0.29) is 17.8 Å². The Morgan fingerprint density at radius 3 is 3.11 bits per heavy atom. The fourth-order valence-electron chi connectivity index (χ4n) is 2.01. The third-order valence-corrected chi connectivity index (χ3v) is 2.83. The summed E-state index contributed by atoms with van der Waals surface area (Å²) in [5.41, 5.74) is 0.207. The summed E-state index contributed by atoms with van der Waals surface area (Å²) in [7, 11) is 0. The van der Waals surface area contributed by atoms with Crippen LogP contribution in [0.2, 0.25) is 0 Å². The number of hydrogen-bond donors (Lipinski definition) is 2. The molecule has 2 heterocycles. The summed E-state index contributed by atoms with van der Waals surface area (Å²) in [5.74, 6) is 0.122. The molecule has 0 radical (unpaired) electrons. The molecule has 0 unspecified atom stereocenters. The summed E-state index contributed by atoms with van der Waals surface area (Å²) in [5, 5.41) is 2.62. The van der Waals surface area contributed by atoms with Gasteiger partial charge < -0.3 is 15.0 Å². The number of ether oxygens (including phenoxy) is 1. The lowest BCUT2D eigenvalue weighted by Crippen LogP contribution is -2.26. The van der Waals surface area contributed by atoms with E-state index in [1.54, 1.807) is 13.0 Å². The minimum atomic E-state index is -0.459. The van der Waals surface area contributed by atoms with Crippen molar-refractivity contribution in [3.8, 4) is 0 Å². The molecule has 0 bridgehead atoms. The van der Waals surface area contributed by atoms with E-state index in [0.29, 0.717) is 12.1 Å². The van der Waals surface area contributed by atoms with Crippen molar-refractivity contribution in [2.45, 2.75) is 38.7 Å². The largest absolute Gasteiger partial charge is 0.378 e. The van der Waals surface area contributed by atoms with Gasteiger partial charge in [0.05, 0.1) is 12.5 Å². The predicted octanol–water partition coefficient (Wildman–Crippen LogP) is 0.976. The molecule has 6 heteroatoms. The van der Waals surface area contributed by atoms with Crippen LogP contribution >= 0.6 is 0 Å². The second-order valence-corrected chi connectivity index (χ2v) is 4.50. The highest BCUT2D eigenvalue weighted by Crippen LogP contribution is 2.16. The number of carbonyl (C=O) groups excluding carboxylic acids is 1. The maximum atomic E-state index is 11.8. The normalized spacial score (nSPS) is 19.5. The molecule has 0 saturated carbocycles. The Kier molecular flexibility index (Phi) is 4.09. The van der Waals surface area contributed by atoms with Gasteiger partial charge in [-0.05, 0) is 26.2 Å². The molecule has 1 aliphatic heterocycles. The predicted molar refractivity (Wildman–Crippen MR) is 66.4 cm³/mol. The van der Waals surface area contributed by atoms with Crippen molar-refractivity contribution in [3.63, 3.8) is 0 Å². The SMILES string of the molecule is Cc1cc(NC(=O)C[C@H]2CCCCO2)nc(=O)[nH]1. The number of aromatic amines is 1. The molecule has 2 N–H and O–H groups in total. The lowest BCUT2D eigenvalue weighted by Gasteiger charge is -2.21. The quantitative estimate of drug-likeness (QED) is 0.838. The van der Waals surface area contributed by atoms with E-state index >= 15 is 0 Å². The summed E-state index contributed by atoms with van der Waals surface area (Å²) in [6.45, 7) is 2.46. The number of hydrogen-bond acceptors (Lipinski definition) is 4. The van der Waals surface area contributed by atoms with Gasteiger partial charge in [0, 0.05) is 18.4 Å². The Hall–Kier alpha value is -1.69. The van der Waals surface area contributed by atoms with Gasteiger partial charge in [-0.3, -0.25) is 4.79 Å². The van der Waals surface area contributed by atoms with Crippen LogP contribution in [0.1, 0.15) is 31.4 Å². The van der Waals surface area contributed by atoms with Gasteiger partial charge in [0.25, 0.3) is 0 Å². The molecule has 6 nitrogen and oxygen atoms in total. The van der Waals surface area contributed by atoms with E-state index in [1.807, 2.05) is 0 Å². The first-order valence-electron chi connectivity index (χ1n) is 6.13. The highest BCUT2D eigenvalue weighted by Gasteiger charge is 2.17. The Morgan fingerprint density at radius 2 is 2.44 bits per heavy atom. The number of anilines is 1. The third-order valence-electron chi connectivity index (χ3n) is 2.83. The first kappa shape index (κ1) is 12.8. The summed E-state index contributed by atoms with van der Waals surface area (Å²) >= 11 is 0. The molecule has 0 spiro atoms. The van der Waals surface area contributed by atoms with E-state index in [4.69, 9.17) is 4.74 Å². The minimum absolute atomic E-state index is 0.0122. The van der Waals surface area contributed by atoms with Crippen LogP contribution in [0.4, 0.5) is 5.82 Å². The molecule has 1 aromatic heterocycles. The number of rotatable bonds is 3. The molecule has 1 fully saturated rings. The molecule has 0 aromatic carbocycles. The summed E-state index contributed by atoms with van der Waals surface area (Å²) in [6, 6.07) is 1.63. The van der Waals surface area contributed by atoms with Gasteiger partial charge in [-0.1, -0.05) is 0 Å². The van der Waals surface area contributed by atoms with Gasteiger partial charge in [-0.2, -0.15) is 4.98 Å². The smallest absolute Gasteiger partial charge is 0.347 e. The Morgan fingerprint density at radius 1 is 1.61 bits per heavy atom. The molecule has 1 aromatic rings. The number of aryl methyl sites for hydroxylation is 1.